The molecule has 1 amide bonds. The number of halogens is 1. The summed E-state index contributed by atoms with van der Waals surface area (Å²) in [5, 5.41) is 7.64. The maximum Gasteiger partial charge on any atom is 0.253 e. The molecule has 0 spiro atoms. The molecule has 1 aromatic heterocycles. The molecule has 1 aliphatic rings. The summed E-state index contributed by atoms with van der Waals surface area (Å²) in [6.45, 7) is 1.18. The second-order valence-corrected chi connectivity index (χ2v) is 6.53. The number of ether oxygens (including phenoxy) is 1. The highest BCUT2D eigenvalue weighted by atomic mass is 19.1. The Bertz CT molecular complexity index is 966. The Kier molecular flexibility index (Phi) is 4.62. The molecule has 5 nitrogen and oxygen atoms in total. The lowest BCUT2D eigenvalue weighted by molar-refractivity contribution is 0.0762. The number of H-pyrrole nitrogens is 1. The molecule has 2 heterocycles. The molecule has 3 aromatic rings. The van der Waals surface area contributed by atoms with Crippen LogP contribution in [0.25, 0.3) is 11.3 Å². The zero-order valence-corrected chi connectivity index (χ0v) is 15.0. The minimum absolute atomic E-state index is 0.0769. The molecule has 6 heteroatoms. The first-order chi connectivity index (χ1) is 13.2. The van der Waals surface area contributed by atoms with Gasteiger partial charge in [-0.1, -0.05) is 12.1 Å². The first-order valence-electron chi connectivity index (χ1n) is 8.91. The molecule has 1 aliphatic heterocycles. The third kappa shape index (κ3) is 3.30. The molecule has 2 aromatic carbocycles. The number of hydrogen-bond acceptors (Lipinski definition) is 3. The molecule has 138 valence electrons. The Morgan fingerprint density at radius 1 is 1.11 bits per heavy atom. The van der Waals surface area contributed by atoms with Crippen LogP contribution in [0.15, 0.2) is 48.5 Å². The van der Waals surface area contributed by atoms with Gasteiger partial charge in [0.25, 0.3) is 5.91 Å². The van der Waals surface area contributed by atoms with Gasteiger partial charge in [-0.2, -0.15) is 5.10 Å². The smallest absolute Gasteiger partial charge is 0.253 e. The van der Waals surface area contributed by atoms with E-state index in [1.54, 1.807) is 7.11 Å². The Balaban J connectivity index is 1.58. The number of carbonyl (C=O) groups excluding carboxylic acids is 1. The Labute approximate surface area is 156 Å². The van der Waals surface area contributed by atoms with Crippen molar-refractivity contribution in [2.45, 2.75) is 12.8 Å². The highest BCUT2D eigenvalue weighted by Gasteiger charge is 2.24. The summed E-state index contributed by atoms with van der Waals surface area (Å²) < 4.78 is 18.6. The van der Waals surface area contributed by atoms with Crippen LogP contribution in [0.5, 0.6) is 5.75 Å². The molecule has 0 aliphatic carbocycles. The van der Waals surface area contributed by atoms with E-state index in [9.17, 15) is 9.18 Å². The molecule has 27 heavy (non-hydrogen) atoms. The topological polar surface area (TPSA) is 58.2 Å². The number of fused-ring (bicyclic) bond motifs is 1. The maximum absolute atomic E-state index is 13.1. The van der Waals surface area contributed by atoms with Crippen LogP contribution in [0.3, 0.4) is 0 Å². The van der Waals surface area contributed by atoms with E-state index in [1.165, 1.54) is 24.3 Å². The first kappa shape index (κ1) is 17.3. The number of nitrogens with one attached hydrogen (secondary N) is 1. The van der Waals surface area contributed by atoms with E-state index in [-0.39, 0.29) is 11.7 Å². The Hall–Kier alpha value is -3.15. The van der Waals surface area contributed by atoms with Crippen LogP contribution in [0.4, 0.5) is 4.39 Å². The van der Waals surface area contributed by atoms with Gasteiger partial charge in [0.1, 0.15) is 11.6 Å². The summed E-state index contributed by atoms with van der Waals surface area (Å²) in [4.78, 5) is 14.6. The number of amides is 1. The van der Waals surface area contributed by atoms with E-state index in [4.69, 9.17) is 4.74 Å². The van der Waals surface area contributed by atoms with Gasteiger partial charge in [-0.15, -0.1) is 0 Å². The van der Waals surface area contributed by atoms with Gasteiger partial charge in [0, 0.05) is 41.9 Å². The van der Waals surface area contributed by atoms with E-state index in [0.29, 0.717) is 31.5 Å². The lowest BCUT2D eigenvalue weighted by Gasteiger charge is -2.20. The summed E-state index contributed by atoms with van der Waals surface area (Å²) in [5.74, 6) is 0.354. The normalized spacial score (nSPS) is 13.8. The Morgan fingerprint density at radius 3 is 2.63 bits per heavy atom. The zero-order chi connectivity index (χ0) is 18.8. The number of methoxy groups -OCH3 is 1. The second kappa shape index (κ2) is 7.23. The largest absolute Gasteiger partial charge is 0.496 e. The standard InChI is InChI=1S/C21H20FN3O2/c1-27-19-5-3-2-4-17(19)20-16-10-12-25(13-11-18(16)23-24-20)21(26)14-6-8-15(22)9-7-14/h2-9H,10-13H2,1H3,(H,23,24). The van der Waals surface area contributed by atoms with E-state index < -0.39 is 0 Å². The van der Waals surface area contributed by atoms with Crippen molar-refractivity contribution in [2.75, 3.05) is 20.2 Å². The number of carbonyl (C=O) groups is 1. The molecule has 0 fully saturated rings. The fourth-order valence-corrected chi connectivity index (χ4v) is 3.52. The zero-order valence-electron chi connectivity index (χ0n) is 15.0. The number of aromatic nitrogens is 2. The highest BCUT2D eigenvalue weighted by molar-refractivity contribution is 5.94. The second-order valence-electron chi connectivity index (χ2n) is 6.53. The number of hydrogen-bond donors (Lipinski definition) is 1. The molecule has 0 unspecified atom stereocenters. The summed E-state index contributed by atoms with van der Waals surface area (Å²) in [6.07, 6.45) is 1.40. The summed E-state index contributed by atoms with van der Waals surface area (Å²) in [7, 11) is 1.65. The molecule has 0 radical (unpaired) electrons. The van der Waals surface area contributed by atoms with Gasteiger partial charge in [0.15, 0.2) is 0 Å². The number of rotatable bonds is 3. The van der Waals surface area contributed by atoms with Crippen molar-refractivity contribution < 1.29 is 13.9 Å². The van der Waals surface area contributed by atoms with Gasteiger partial charge in [-0.05, 0) is 42.8 Å². The summed E-state index contributed by atoms with van der Waals surface area (Å²) in [6, 6.07) is 13.5. The van der Waals surface area contributed by atoms with Crippen LogP contribution >= 0.6 is 0 Å². The molecule has 0 saturated carbocycles. The predicted molar refractivity (Wildman–Crippen MR) is 100 cm³/mol. The maximum atomic E-state index is 13.1. The van der Waals surface area contributed by atoms with E-state index in [2.05, 4.69) is 10.2 Å². The predicted octanol–water partition coefficient (Wildman–Crippen LogP) is 3.47. The first-order valence-corrected chi connectivity index (χ1v) is 8.91. The van der Waals surface area contributed by atoms with Crippen molar-refractivity contribution in [1.29, 1.82) is 0 Å². The van der Waals surface area contributed by atoms with Crippen LogP contribution in [-0.4, -0.2) is 41.2 Å². The lowest BCUT2D eigenvalue weighted by atomic mass is 10.0. The molecule has 1 N–H and O–H groups in total. The Morgan fingerprint density at radius 2 is 1.85 bits per heavy atom. The van der Waals surface area contributed by atoms with Crippen molar-refractivity contribution >= 4 is 5.91 Å². The average molecular weight is 365 g/mol. The fourth-order valence-electron chi connectivity index (χ4n) is 3.52. The van der Waals surface area contributed by atoms with Crippen LogP contribution in [-0.2, 0) is 12.8 Å². The SMILES string of the molecule is COc1ccccc1-c1n[nH]c2c1CCN(C(=O)c1ccc(F)cc1)CC2. The van der Waals surface area contributed by atoms with Crippen LogP contribution in [0.2, 0.25) is 0 Å². The molecular weight excluding hydrogens is 345 g/mol. The molecule has 0 atom stereocenters. The molecule has 0 bridgehead atoms. The van der Waals surface area contributed by atoms with Gasteiger partial charge < -0.3 is 9.64 Å². The van der Waals surface area contributed by atoms with Gasteiger partial charge in [0.05, 0.1) is 12.8 Å². The minimum atomic E-state index is -0.343. The van der Waals surface area contributed by atoms with Gasteiger partial charge >= 0.3 is 0 Å². The molecular formula is C21H20FN3O2. The van der Waals surface area contributed by atoms with Crippen molar-refractivity contribution in [2.24, 2.45) is 0 Å². The van der Waals surface area contributed by atoms with Crippen LogP contribution in [0, 0.1) is 5.82 Å². The van der Waals surface area contributed by atoms with Gasteiger partial charge in [-0.25, -0.2) is 4.39 Å². The van der Waals surface area contributed by atoms with E-state index in [1.807, 2.05) is 29.2 Å². The van der Waals surface area contributed by atoms with Gasteiger partial charge in [0.2, 0.25) is 0 Å². The molecule has 0 saturated heterocycles. The third-order valence-electron chi connectivity index (χ3n) is 4.96. The van der Waals surface area contributed by atoms with Crippen molar-refractivity contribution in [3.8, 4) is 17.0 Å². The quantitative estimate of drug-likeness (QED) is 0.773. The molecule has 4 rings (SSSR count). The number of para-hydroxylation sites is 1. The number of nitrogens with zero attached hydrogens (tertiary/aromatic N) is 2. The fraction of sp³-hybridized carbons (Fsp3) is 0.238. The van der Waals surface area contributed by atoms with Crippen LogP contribution in [0.1, 0.15) is 21.6 Å². The minimum Gasteiger partial charge on any atom is -0.496 e. The highest BCUT2D eigenvalue weighted by Crippen LogP contribution is 2.33. The third-order valence-corrected chi connectivity index (χ3v) is 4.96. The van der Waals surface area contributed by atoms with Crippen LogP contribution < -0.4 is 4.74 Å². The number of aromatic amines is 1. The van der Waals surface area contributed by atoms with E-state index in [0.717, 1.165) is 28.3 Å². The lowest BCUT2D eigenvalue weighted by Crippen LogP contribution is -2.33. The van der Waals surface area contributed by atoms with E-state index >= 15 is 0 Å². The number of benzene rings is 2. The van der Waals surface area contributed by atoms with Crippen molar-refractivity contribution in [1.82, 2.24) is 15.1 Å². The van der Waals surface area contributed by atoms with Crippen molar-refractivity contribution in [3.63, 3.8) is 0 Å². The monoisotopic (exact) mass is 365 g/mol. The summed E-state index contributed by atoms with van der Waals surface area (Å²) >= 11 is 0. The average Bonchev–Trinajstić information content (AvgIpc) is 2.99. The van der Waals surface area contributed by atoms with Gasteiger partial charge in [-0.3, -0.25) is 9.89 Å². The van der Waals surface area contributed by atoms with Crippen molar-refractivity contribution in [3.05, 3.63) is 71.2 Å². The summed E-state index contributed by atoms with van der Waals surface area (Å²) in [5.41, 5.74) is 4.48.